The Morgan fingerprint density at radius 1 is 1.50 bits per heavy atom. The van der Waals surface area contributed by atoms with E-state index in [1.807, 2.05) is 27.7 Å². The van der Waals surface area contributed by atoms with Gasteiger partial charge in [-0.25, -0.2) is 4.79 Å². The second kappa shape index (κ2) is 5.01. The van der Waals surface area contributed by atoms with E-state index in [2.05, 4.69) is 5.32 Å². The van der Waals surface area contributed by atoms with Gasteiger partial charge in [0.15, 0.2) is 0 Å². The van der Waals surface area contributed by atoms with E-state index >= 15 is 0 Å². The van der Waals surface area contributed by atoms with Crippen molar-refractivity contribution in [1.82, 2.24) is 10.2 Å². The highest BCUT2D eigenvalue weighted by Gasteiger charge is 2.31. The fourth-order valence-electron chi connectivity index (χ4n) is 1.61. The van der Waals surface area contributed by atoms with Crippen molar-refractivity contribution in [2.75, 3.05) is 19.6 Å². The van der Waals surface area contributed by atoms with Crippen molar-refractivity contribution in [3.63, 3.8) is 0 Å². The lowest BCUT2D eigenvalue weighted by molar-refractivity contribution is 0.00403. The number of aliphatic hydroxyl groups is 1. The van der Waals surface area contributed by atoms with E-state index in [0.29, 0.717) is 19.6 Å². The van der Waals surface area contributed by atoms with Gasteiger partial charge in [0.05, 0.1) is 12.1 Å². The number of carbonyl (C=O) groups excluding carboxylic acids is 1. The highest BCUT2D eigenvalue weighted by atomic mass is 16.6. The normalized spacial score (nSPS) is 27.4. The van der Waals surface area contributed by atoms with Gasteiger partial charge in [-0.2, -0.15) is 0 Å². The molecule has 0 saturated carbocycles. The van der Waals surface area contributed by atoms with E-state index in [0.717, 1.165) is 0 Å². The Labute approximate surface area is 96.8 Å². The fourth-order valence-corrected chi connectivity index (χ4v) is 1.61. The van der Waals surface area contributed by atoms with Gasteiger partial charge in [0.1, 0.15) is 5.60 Å². The predicted octanol–water partition coefficient (Wildman–Crippen LogP) is 0.576. The first-order valence-corrected chi connectivity index (χ1v) is 5.69. The van der Waals surface area contributed by atoms with Gasteiger partial charge in [0.25, 0.3) is 0 Å². The molecule has 1 fully saturated rings. The molecule has 16 heavy (non-hydrogen) atoms. The van der Waals surface area contributed by atoms with Crippen LogP contribution in [0, 0.1) is 0 Å². The van der Waals surface area contributed by atoms with Crippen LogP contribution in [0.15, 0.2) is 0 Å². The molecular weight excluding hydrogens is 208 g/mol. The van der Waals surface area contributed by atoms with Crippen LogP contribution in [-0.4, -0.2) is 53.5 Å². The summed E-state index contributed by atoms with van der Waals surface area (Å²) in [7, 11) is 0. The summed E-state index contributed by atoms with van der Waals surface area (Å²) in [6.07, 6.45) is -0.905. The number of amides is 1. The molecular formula is C11H22N2O3. The average molecular weight is 230 g/mol. The minimum Gasteiger partial charge on any atom is -0.444 e. The maximum Gasteiger partial charge on any atom is 0.410 e. The van der Waals surface area contributed by atoms with E-state index in [1.165, 1.54) is 0 Å². The van der Waals surface area contributed by atoms with Gasteiger partial charge in [-0.05, 0) is 27.7 Å². The monoisotopic (exact) mass is 230 g/mol. The molecule has 94 valence electrons. The second-order valence-corrected chi connectivity index (χ2v) is 5.19. The summed E-state index contributed by atoms with van der Waals surface area (Å²) >= 11 is 0. The molecule has 2 atom stereocenters. The largest absolute Gasteiger partial charge is 0.444 e. The van der Waals surface area contributed by atoms with Crippen molar-refractivity contribution in [2.24, 2.45) is 0 Å². The molecule has 2 N–H and O–H groups in total. The summed E-state index contributed by atoms with van der Waals surface area (Å²) in [5, 5.41) is 12.8. The third kappa shape index (κ3) is 3.64. The van der Waals surface area contributed by atoms with Crippen molar-refractivity contribution >= 4 is 6.09 Å². The summed E-state index contributed by atoms with van der Waals surface area (Å²) in [4.78, 5) is 13.5. The Bertz CT molecular complexity index is 250. The number of hydrogen-bond acceptors (Lipinski definition) is 4. The first-order chi connectivity index (χ1) is 7.31. The molecule has 0 radical (unpaired) electrons. The zero-order chi connectivity index (χ0) is 12.3. The topological polar surface area (TPSA) is 61.8 Å². The number of ether oxygens (including phenoxy) is 1. The summed E-state index contributed by atoms with van der Waals surface area (Å²) in [6.45, 7) is 9.10. The van der Waals surface area contributed by atoms with Gasteiger partial charge in [-0.3, -0.25) is 0 Å². The third-order valence-corrected chi connectivity index (χ3v) is 2.56. The number of carbonyl (C=O) groups is 1. The Kier molecular flexibility index (Phi) is 4.15. The second-order valence-electron chi connectivity index (χ2n) is 5.19. The molecule has 0 aromatic rings. The molecule has 0 spiro atoms. The standard InChI is InChI=1S/C11H22N2O3/c1-8-9(14)7-12-5-6-13(8)10(15)16-11(2,3)4/h8-9,12,14H,5-7H2,1-4H3/t8-,9?/m1/s1. The zero-order valence-electron chi connectivity index (χ0n) is 10.5. The summed E-state index contributed by atoms with van der Waals surface area (Å²) in [5.41, 5.74) is -0.499. The molecule has 1 rings (SSSR count). The average Bonchev–Trinajstić information content (AvgIpc) is 2.27. The quantitative estimate of drug-likeness (QED) is 0.639. The van der Waals surface area contributed by atoms with Crippen LogP contribution in [0.5, 0.6) is 0 Å². The summed E-state index contributed by atoms with van der Waals surface area (Å²) < 4.78 is 5.30. The van der Waals surface area contributed by atoms with Crippen molar-refractivity contribution in [1.29, 1.82) is 0 Å². The van der Waals surface area contributed by atoms with E-state index in [4.69, 9.17) is 4.74 Å². The van der Waals surface area contributed by atoms with Crippen LogP contribution in [0.2, 0.25) is 0 Å². The highest BCUT2D eigenvalue weighted by Crippen LogP contribution is 2.14. The number of β-amino-alcohol motifs (C(OH)–C–C–N with tert-alkyl or cyclic N) is 1. The molecule has 1 saturated heterocycles. The van der Waals surface area contributed by atoms with Crippen LogP contribution in [0.3, 0.4) is 0 Å². The van der Waals surface area contributed by atoms with E-state index in [1.54, 1.807) is 4.90 Å². The number of rotatable bonds is 0. The number of aliphatic hydroxyl groups excluding tert-OH is 1. The minimum atomic E-state index is -0.546. The first-order valence-electron chi connectivity index (χ1n) is 5.69. The molecule has 0 bridgehead atoms. The Hall–Kier alpha value is -0.810. The molecule has 0 aromatic heterocycles. The van der Waals surface area contributed by atoms with Crippen LogP contribution < -0.4 is 5.32 Å². The lowest BCUT2D eigenvalue weighted by atomic mass is 10.1. The Morgan fingerprint density at radius 3 is 2.69 bits per heavy atom. The van der Waals surface area contributed by atoms with Gasteiger partial charge < -0.3 is 20.1 Å². The fraction of sp³-hybridized carbons (Fsp3) is 0.909. The Morgan fingerprint density at radius 2 is 2.12 bits per heavy atom. The molecule has 5 heteroatoms. The van der Waals surface area contributed by atoms with Gasteiger partial charge in [-0.1, -0.05) is 0 Å². The number of nitrogens with zero attached hydrogens (tertiary/aromatic N) is 1. The number of nitrogens with one attached hydrogen (secondary N) is 1. The molecule has 1 heterocycles. The SMILES string of the molecule is C[C@@H]1C(O)CNCCN1C(=O)OC(C)(C)C. The van der Waals surface area contributed by atoms with Gasteiger partial charge >= 0.3 is 6.09 Å². The van der Waals surface area contributed by atoms with Gasteiger partial charge in [0.2, 0.25) is 0 Å². The first kappa shape index (κ1) is 13.3. The minimum absolute atomic E-state index is 0.218. The molecule has 1 unspecified atom stereocenters. The third-order valence-electron chi connectivity index (χ3n) is 2.56. The van der Waals surface area contributed by atoms with Gasteiger partial charge in [-0.15, -0.1) is 0 Å². The Balaban J connectivity index is 2.65. The lowest BCUT2D eigenvalue weighted by Crippen LogP contribution is -2.47. The molecule has 5 nitrogen and oxygen atoms in total. The molecule has 1 aliphatic heterocycles. The van der Waals surface area contributed by atoms with Crippen molar-refractivity contribution in [3.05, 3.63) is 0 Å². The van der Waals surface area contributed by atoms with Crippen LogP contribution >= 0.6 is 0 Å². The molecule has 0 aliphatic carbocycles. The van der Waals surface area contributed by atoms with Crippen LogP contribution in [0.25, 0.3) is 0 Å². The van der Waals surface area contributed by atoms with Crippen molar-refractivity contribution < 1.29 is 14.6 Å². The molecule has 1 amide bonds. The maximum atomic E-state index is 11.9. The van der Waals surface area contributed by atoms with Crippen molar-refractivity contribution in [3.8, 4) is 0 Å². The zero-order valence-corrected chi connectivity index (χ0v) is 10.5. The predicted molar refractivity (Wildman–Crippen MR) is 61.3 cm³/mol. The summed E-state index contributed by atoms with van der Waals surface area (Å²) in [5.74, 6) is 0. The summed E-state index contributed by atoms with van der Waals surface area (Å²) in [6, 6.07) is -0.218. The highest BCUT2D eigenvalue weighted by molar-refractivity contribution is 5.68. The number of hydrogen-bond donors (Lipinski definition) is 2. The van der Waals surface area contributed by atoms with Gasteiger partial charge in [0, 0.05) is 19.6 Å². The molecule has 0 aromatic carbocycles. The maximum absolute atomic E-state index is 11.9. The van der Waals surface area contributed by atoms with Crippen LogP contribution in [0.1, 0.15) is 27.7 Å². The van der Waals surface area contributed by atoms with E-state index in [-0.39, 0.29) is 12.1 Å². The van der Waals surface area contributed by atoms with Crippen LogP contribution in [-0.2, 0) is 4.74 Å². The smallest absolute Gasteiger partial charge is 0.410 e. The van der Waals surface area contributed by atoms with Crippen molar-refractivity contribution in [2.45, 2.75) is 45.4 Å². The van der Waals surface area contributed by atoms with Crippen LogP contribution in [0.4, 0.5) is 4.79 Å². The lowest BCUT2D eigenvalue weighted by Gasteiger charge is -2.31. The molecule has 1 aliphatic rings. The van der Waals surface area contributed by atoms with E-state index in [9.17, 15) is 9.90 Å². The van der Waals surface area contributed by atoms with E-state index < -0.39 is 11.7 Å².